The van der Waals surface area contributed by atoms with Gasteiger partial charge in [-0.15, -0.1) is 0 Å². The first kappa shape index (κ1) is 34.7. The number of ether oxygens (including phenoxy) is 3. The van der Waals surface area contributed by atoms with Crippen LogP contribution < -0.4 is 27.4 Å². The molecule has 12 atom stereocenters. The normalized spacial score (nSPS) is 40.4. The van der Waals surface area contributed by atoms with Gasteiger partial charge in [0.1, 0.15) is 23.6 Å². The second-order valence-corrected chi connectivity index (χ2v) is 12.5. The molecule has 0 aromatic carbocycles. The highest BCUT2D eigenvalue weighted by Gasteiger charge is 2.54. The lowest BCUT2D eigenvalue weighted by Gasteiger charge is -2.50. The van der Waals surface area contributed by atoms with Crippen LogP contribution in [0.25, 0.3) is 0 Å². The first-order valence-electron chi connectivity index (χ1n) is 15.0. The fraction of sp³-hybridized carbons (Fsp3) is 0.893. The fourth-order valence-electron chi connectivity index (χ4n) is 6.27. The minimum Gasteiger partial charge on any atom is -0.493 e. The van der Waals surface area contributed by atoms with Crippen LogP contribution in [0.15, 0.2) is 17.0 Å². The topological polar surface area (TPSA) is 223 Å². The van der Waals surface area contributed by atoms with E-state index in [0.29, 0.717) is 31.7 Å². The molecular weight excluding hydrogens is 548 g/mol. The van der Waals surface area contributed by atoms with Crippen LogP contribution in [0.5, 0.6) is 0 Å². The first-order chi connectivity index (χ1) is 19.9. The lowest BCUT2D eigenvalue weighted by molar-refractivity contribution is -0.269. The second-order valence-electron chi connectivity index (χ2n) is 12.5. The predicted molar refractivity (Wildman–Crippen MR) is 156 cm³/mol. The Morgan fingerprint density at radius 3 is 2.69 bits per heavy atom. The predicted octanol–water partition coefficient (Wildman–Crippen LogP) is -1.34. The summed E-state index contributed by atoms with van der Waals surface area (Å²) in [4.78, 5) is 25.4. The van der Waals surface area contributed by atoms with Crippen LogP contribution in [0.4, 0.5) is 0 Å². The van der Waals surface area contributed by atoms with E-state index in [0.717, 1.165) is 0 Å². The standard InChI is InChI=1S/C28H52N6O8/c1-6-27(3,13-29)26(37)33-18-11-17(30)19(22-15(2)7-8-16(41-22)12-32-9-10-35)21(36)23(18)42-25-20(34-39)24(31-5)28(4,38)14-40-25/h8,15,17-25,31-32,35-36,38H,6-7,9-14,29-30H2,1-5H3,(H,33,37). The quantitative estimate of drug-likeness (QED) is 0.0909. The highest BCUT2D eigenvalue weighted by molar-refractivity contribution is 5.82. The maximum Gasteiger partial charge on any atom is 0.227 e. The second kappa shape index (κ2) is 14.8. The Labute approximate surface area is 248 Å². The molecule has 10 N–H and O–H groups in total. The van der Waals surface area contributed by atoms with E-state index in [9.17, 15) is 19.9 Å². The molecule has 14 heteroatoms. The van der Waals surface area contributed by atoms with Crippen LogP contribution in [0.3, 0.4) is 0 Å². The van der Waals surface area contributed by atoms with Gasteiger partial charge in [-0.05, 0) is 52.2 Å². The monoisotopic (exact) mass is 600 g/mol. The zero-order valence-corrected chi connectivity index (χ0v) is 25.5. The van der Waals surface area contributed by atoms with E-state index in [4.69, 9.17) is 30.8 Å². The van der Waals surface area contributed by atoms with Crippen molar-refractivity contribution in [3.63, 3.8) is 0 Å². The molecule has 3 rings (SSSR count). The van der Waals surface area contributed by atoms with Gasteiger partial charge in [0.25, 0.3) is 0 Å². The highest BCUT2D eigenvalue weighted by Crippen LogP contribution is 2.39. The Morgan fingerprint density at radius 2 is 2.10 bits per heavy atom. The molecule has 0 aromatic rings. The lowest BCUT2D eigenvalue weighted by Crippen LogP contribution is -2.69. The number of allylic oxidation sites excluding steroid dienone is 1. The van der Waals surface area contributed by atoms with Crippen LogP contribution in [0.1, 0.15) is 47.0 Å². The van der Waals surface area contributed by atoms with Crippen molar-refractivity contribution in [2.24, 2.45) is 33.9 Å². The summed E-state index contributed by atoms with van der Waals surface area (Å²) in [5, 5.41) is 44.1. The van der Waals surface area contributed by atoms with Crippen LogP contribution in [0, 0.1) is 22.2 Å². The Balaban J connectivity index is 1.91. The molecule has 2 fully saturated rings. The van der Waals surface area contributed by atoms with Gasteiger partial charge in [-0.3, -0.25) is 4.79 Å². The van der Waals surface area contributed by atoms with E-state index >= 15 is 0 Å². The van der Waals surface area contributed by atoms with E-state index in [1.54, 1.807) is 14.0 Å². The van der Waals surface area contributed by atoms with Gasteiger partial charge in [0.15, 0.2) is 12.3 Å². The molecular formula is C28H52N6O8. The number of nitrogens with one attached hydrogen (secondary N) is 3. The van der Waals surface area contributed by atoms with Crippen molar-refractivity contribution in [1.29, 1.82) is 0 Å². The maximum absolute atomic E-state index is 13.4. The maximum atomic E-state index is 13.4. The van der Waals surface area contributed by atoms with Gasteiger partial charge in [0.2, 0.25) is 5.91 Å². The average molecular weight is 601 g/mol. The molecule has 0 spiro atoms. The third-order valence-corrected chi connectivity index (χ3v) is 9.33. The number of nitrogens with two attached hydrogens (primary N) is 2. The first-order valence-corrected chi connectivity index (χ1v) is 15.0. The van der Waals surface area contributed by atoms with Crippen molar-refractivity contribution >= 4 is 5.91 Å². The van der Waals surface area contributed by atoms with E-state index in [1.165, 1.54) is 6.92 Å². The Hall–Kier alpha value is -1.75. The molecule has 12 unspecified atom stereocenters. The van der Waals surface area contributed by atoms with Gasteiger partial charge in [0, 0.05) is 25.0 Å². The summed E-state index contributed by atoms with van der Waals surface area (Å²) >= 11 is 0. The molecule has 1 saturated carbocycles. The van der Waals surface area contributed by atoms with Gasteiger partial charge in [-0.2, -0.15) is 4.91 Å². The molecule has 2 aliphatic heterocycles. The number of hydrogen-bond acceptors (Lipinski definition) is 13. The minimum absolute atomic E-state index is 0.00357. The number of carbonyl (C=O) groups is 1. The Morgan fingerprint density at radius 1 is 1.38 bits per heavy atom. The molecule has 0 aromatic heterocycles. The summed E-state index contributed by atoms with van der Waals surface area (Å²) in [7, 11) is 1.61. The number of nitrogens with zero attached hydrogens (tertiary/aromatic N) is 1. The molecule has 0 radical (unpaired) electrons. The molecule has 1 amide bonds. The molecule has 1 saturated heterocycles. The Kier molecular flexibility index (Phi) is 12.3. The van der Waals surface area contributed by atoms with Gasteiger partial charge in [0.05, 0.1) is 43.4 Å². The molecule has 2 heterocycles. The van der Waals surface area contributed by atoms with Gasteiger partial charge < -0.3 is 56.9 Å². The number of likely N-dealkylation sites (N-methyl/N-ethyl adjacent to an activating group) is 1. The number of rotatable bonds is 13. The van der Waals surface area contributed by atoms with Crippen molar-refractivity contribution in [2.75, 3.05) is 39.9 Å². The zero-order valence-electron chi connectivity index (χ0n) is 25.5. The SMILES string of the molecule is CCC(C)(CN)C(=O)NC1CC(N)C(C2OC(CNCCO)=CCC2C)C(O)C1OC1OCC(C)(O)C(NC)C1N=O. The van der Waals surface area contributed by atoms with Crippen molar-refractivity contribution in [3.05, 3.63) is 16.7 Å². The lowest BCUT2D eigenvalue weighted by atomic mass is 9.71. The summed E-state index contributed by atoms with van der Waals surface area (Å²) in [5.41, 5.74) is 10.4. The van der Waals surface area contributed by atoms with E-state index in [2.05, 4.69) is 21.1 Å². The fourth-order valence-corrected chi connectivity index (χ4v) is 6.27. The summed E-state index contributed by atoms with van der Waals surface area (Å²) in [6.07, 6.45) is -0.466. The summed E-state index contributed by atoms with van der Waals surface area (Å²) in [6, 6.07) is -3.21. The third kappa shape index (κ3) is 7.48. The van der Waals surface area contributed by atoms with Crippen LogP contribution in [-0.2, 0) is 19.0 Å². The number of nitroso groups, excluding NO2 is 1. The van der Waals surface area contributed by atoms with Gasteiger partial charge in [-0.1, -0.05) is 19.0 Å². The molecule has 1 aliphatic carbocycles. The molecule has 14 nitrogen and oxygen atoms in total. The van der Waals surface area contributed by atoms with Crippen LogP contribution in [-0.4, -0.2) is 115 Å². The number of amides is 1. The number of hydrogen-bond donors (Lipinski definition) is 8. The van der Waals surface area contributed by atoms with Crippen LogP contribution in [0.2, 0.25) is 0 Å². The van der Waals surface area contributed by atoms with Gasteiger partial charge >= 0.3 is 0 Å². The number of carbonyl (C=O) groups excluding carboxylic acids is 1. The van der Waals surface area contributed by atoms with Crippen molar-refractivity contribution < 1.29 is 34.3 Å². The van der Waals surface area contributed by atoms with Gasteiger partial charge in [-0.25, -0.2) is 0 Å². The largest absolute Gasteiger partial charge is 0.493 e. The van der Waals surface area contributed by atoms with E-state index < -0.39 is 65.7 Å². The van der Waals surface area contributed by atoms with Crippen molar-refractivity contribution in [2.45, 2.75) is 101 Å². The van der Waals surface area contributed by atoms with Crippen molar-refractivity contribution in [3.8, 4) is 0 Å². The minimum atomic E-state index is -1.39. The third-order valence-electron chi connectivity index (χ3n) is 9.33. The van der Waals surface area contributed by atoms with Crippen LogP contribution >= 0.6 is 0 Å². The molecule has 0 bridgehead atoms. The van der Waals surface area contributed by atoms with E-state index in [1.807, 2.05) is 19.9 Å². The molecule has 3 aliphatic rings. The number of aliphatic hydroxyl groups excluding tert-OH is 2. The smallest absolute Gasteiger partial charge is 0.227 e. The summed E-state index contributed by atoms with van der Waals surface area (Å²) < 4.78 is 18.5. The molecule has 242 valence electrons. The highest BCUT2D eigenvalue weighted by atomic mass is 16.7. The summed E-state index contributed by atoms with van der Waals surface area (Å²) in [6.45, 7) is 8.02. The molecule has 42 heavy (non-hydrogen) atoms. The Bertz CT molecular complexity index is 934. The number of aliphatic hydroxyl groups is 3. The zero-order chi connectivity index (χ0) is 31.2. The van der Waals surface area contributed by atoms with Crippen molar-refractivity contribution in [1.82, 2.24) is 16.0 Å². The van der Waals surface area contributed by atoms with E-state index in [-0.39, 0.29) is 38.0 Å². The average Bonchev–Trinajstić information content (AvgIpc) is 2.96. The summed E-state index contributed by atoms with van der Waals surface area (Å²) in [5.74, 6) is -0.164.